The minimum Gasteiger partial charge on any atom is -0.478 e. The van der Waals surface area contributed by atoms with Gasteiger partial charge in [0.15, 0.2) is 0 Å². The van der Waals surface area contributed by atoms with Crippen LogP contribution in [0.3, 0.4) is 0 Å². The van der Waals surface area contributed by atoms with Crippen molar-refractivity contribution in [2.24, 2.45) is 0 Å². The molecular weight excluding hydrogens is 300 g/mol. The number of nitrogen functional groups attached to an aromatic ring is 1. The van der Waals surface area contributed by atoms with Crippen molar-refractivity contribution in [3.63, 3.8) is 0 Å². The average Bonchev–Trinajstić information content (AvgIpc) is 2.89. The smallest absolute Gasteiger partial charge is 0.337 e. The predicted molar refractivity (Wildman–Crippen MR) is 78.5 cm³/mol. The minimum atomic E-state index is -3.84. The molecule has 1 aliphatic heterocycles. The van der Waals surface area contributed by atoms with Crippen molar-refractivity contribution in [1.29, 1.82) is 0 Å². The molecule has 6 nitrogen and oxygen atoms in total. The van der Waals surface area contributed by atoms with Crippen molar-refractivity contribution in [3.05, 3.63) is 23.8 Å². The van der Waals surface area contributed by atoms with E-state index in [1.54, 1.807) is 11.8 Å². The second-order valence-electron chi connectivity index (χ2n) is 4.55. The first kappa shape index (κ1) is 15.1. The Hall–Kier alpha value is -1.25. The minimum absolute atomic E-state index is 0.215. The van der Waals surface area contributed by atoms with E-state index in [9.17, 15) is 13.2 Å². The molecule has 1 aliphatic rings. The van der Waals surface area contributed by atoms with Crippen molar-refractivity contribution in [2.75, 3.05) is 18.0 Å². The first-order valence-electron chi connectivity index (χ1n) is 6.14. The number of aromatic carboxylic acids is 1. The van der Waals surface area contributed by atoms with E-state index in [1.807, 2.05) is 0 Å². The number of carboxylic acid groups (broad SMARTS) is 1. The standard InChI is InChI=1S/C12H16N2O4S2/c13-8-3-4-11(10(6-8)12(15)16)20(17,18)14-7-9-2-1-5-19-9/h3-4,6,9,14H,1-2,5,7,13H2,(H,15,16). The Labute approximate surface area is 121 Å². The van der Waals surface area contributed by atoms with Crippen LogP contribution in [0.15, 0.2) is 23.1 Å². The fraction of sp³-hybridized carbons (Fsp3) is 0.417. The molecule has 1 unspecified atom stereocenters. The maximum Gasteiger partial charge on any atom is 0.337 e. The number of carboxylic acids is 1. The molecule has 4 N–H and O–H groups in total. The third-order valence-electron chi connectivity index (χ3n) is 3.05. The van der Waals surface area contributed by atoms with Gasteiger partial charge in [0, 0.05) is 17.5 Å². The van der Waals surface area contributed by atoms with Gasteiger partial charge in [0.2, 0.25) is 10.0 Å². The van der Waals surface area contributed by atoms with Crippen molar-refractivity contribution in [3.8, 4) is 0 Å². The number of thioether (sulfide) groups is 1. The molecule has 2 rings (SSSR count). The number of carbonyl (C=O) groups is 1. The summed E-state index contributed by atoms with van der Waals surface area (Å²) in [5.74, 6) is -0.276. The zero-order valence-electron chi connectivity index (χ0n) is 10.7. The third kappa shape index (κ3) is 3.44. The molecule has 1 aromatic rings. The van der Waals surface area contributed by atoms with E-state index >= 15 is 0 Å². The summed E-state index contributed by atoms with van der Waals surface area (Å²) in [6.07, 6.45) is 2.06. The summed E-state index contributed by atoms with van der Waals surface area (Å²) >= 11 is 1.73. The van der Waals surface area contributed by atoms with Gasteiger partial charge in [0.25, 0.3) is 0 Å². The molecule has 8 heteroatoms. The van der Waals surface area contributed by atoms with Crippen LogP contribution in [-0.4, -0.2) is 37.0 Å². The van der Waals surface area contributed by atoms with Gasteiger partial charge in [0.1, 0.15) is 0 Å². The highest BCUT2D eigenvalue weighted by Crippen LogP contribution is 2.26. The van der Waals surface area contributed by atoms with Gasteiger partial charge >= 0.3 is 5.97 Å². The zero-order chi connectivity index (χ0) is 14.8. The summed E-state index contributed by atoms with van der Waals surface area (Å²) in [6, 6.07) is 3.76. The van der Waals surface area contributed by atoms with Crippen LogP contribution < -0.4 is 10.5 Å². The summed E-state index contributed by atoms with van der Waals surface area (Å²) < 4.78 is 26.9. The Morgan fingerprint density at radius 2 is 2.25 bits per heavy atom. The summed E-state index contributed by atoms with van der Waals surface area (Å²) in [5, 5.41) is 9.34. The van der Waals surface area contributed by atoms with Crippen LogP contribution in [-0.2, 0) is 10.0 Å². The lowest BCUT2D eigenvalue weighted by Crippen LogP contribution is -2.31. The topological polar surface area (TPSA) is 109 Å². The molecule has 0 aliphatic carbocycles. The average molecular weight is 316 g/mol. The number of anilines is 1. The van der Waals surface area contributed by atoms with E-state index in [-0.39, 0.29) is 21.4 Å². The highest BCUT2D eigenvalue weighted by molar-refractivity contribution is 8.00. The number of rotatable bonds is 5. The first-order chi connectivity index (χ1) is 9.40. The van der Waals surface area contributed by atoms with Crippen LogP contribution in [0.4, 0.5) is 5.69 Å². The Balaban J connectivity index is 2.22. The van der Waals surface area contributed by atoms with Crippen LogP contribution in [0.1, 0.15) is 23.2 Å². The van der Waals surface area contributed by atoms with Crippen LogP contribution in [0.2, 0.25) is 0 Å². The largest absolute Gasteiger partial charge is 0.478 e. The van der Waals surface area contributed by atoms with Crippen molar-refractivity contribution >= 4 is 33.4 Å². The van der Waals surface area contributed by atoms with Crippen molar-refractivity contribution < 1.29 is 18.3 Å². The van der Waals surface area contributed by atoms with Gasteiger partial charge in [-0.2, -0.15) is 11.8 Å². The Morgan fingerprint density at radius 3 is 2.85 bits per heavy atom. The van der Waals surface area contributed by atoms with E-state index in [0.717, 1.165) is 24.7 Å². The number of nitrogens with one attached hydrogen (secondary N) is 1. The van der Waals surface area contributed by atoms with Gasteiger partial charge in [-0.25, -0.2) is 17.9 Å². The second kappa shape index (κ2) is 6.02. The number of nitrogens with two attached hydrogens (primary N) is 1. The predicted octanol–water partition coefficient (Wildman–Crippen LogP) is 1.14. The lowest BCUT2D eigenvalue weighted by atomic mass is 10.2. The van der Waals surface area contributed by atoms with Gasteiger partial charge in [-0.3, -0.25) is 0 Å². The molecule has 0 amide bonds. The van der Waals surface area contributed by atoms with Gasteiger partial charge < -0.3 is 10.8 Å². The molecular formula is C12H16N2O4S2. The molecule has 1 aromatic carbocycles. The van der Waals surface area contributed by atoms with E-state index in [1.165, 1.54) is 12.1 Å². The fourth-order valence-electron chi connectivity index (χ4n) is 2.03. The first-order valence-corrected chi connectivity index (χ1v) is 8.67. The van der Waals surface area contributed by atoms with E-state index in [4.69, 9.17) is 10.8 Å². The van der Waals surface area contributed by atoms with E-state index < -0.39 is 16.0 Å². The maximum absolute atomic E-state index is 12.2. The van der Waals surface area contributed by atoms with Crippen molar-refractivity contribution in [1.82, 2.24) is 4.72 Å². The summed E-state index contributed by atoms with van der Waals surface area (Å²) in [7, 11) is -3.84. The highest BCUT2D eigenvalue weighted by Gasteiger charge is 2.24. The lowest BCUT2D eigenvalue weighted by Gasteiger charge is -2.12. The summed E-state index contributed by atoms with van der Waals surface area (Å²) in [6.45, 7) is 0.316. The molecule has 110 valence electrons. The van der Waals surface area contributed by atoms with Gasteiger partial charge in [0.05, 0.1) is 10.5 Å². The summed E-state index contributed by atoms with van der Waals surface area (Å²) in [5.41, 5.74) is 5.41. The van der Waals surface area contributed by atoms with Gasteiger partial charge in [-0.05, 0) is 36.8 Å². The number of hydrogen-bond donors (Lipinski definition) is 3. The van der Waals surface area contributed by atoms with E-state index in [2.05, 4.69) is 4.72 Å². The third-order valence-corrected chi connectivity index (χ3v) is 5.93. The van der Waals surface area contributed by atoms with Crippen molar-refractivity contribution in [2.45, 2.75) is 23.0 Å². The summed E-state index contributed by atoms with van der Waals surface area (Å²) in [4.78, 5) is 10.9. The molecule has 20 heavy (non-hydrogen) atoms. The van der Waals surface area contributed by atoms with Gasteiger partial charge in [-0.15, -0.1) is 0 Å². The van der Waals surface area contributed by atoms with Crippen LogP contribution in [0.25, 0.3) is 0 Å². The van der Waals surface area contributed by atoms with Crippen LogP contribution in [0, 0.1) is 0 Å². The normalized spacial score (nSPS) is 19.1. The monoisotopic (exact) mass is 316 g/mol. The second-order valence-corrected chi connectivity index (χ2v) is 7.69. The molecule has 1 saturated heterocycles. The number of sulfonamides is 1. The number of benzene rings is 1. The SMILES string of the molecule is Nc1ccc(S(=O)(=O)NCC2CCCS2)c(C(=O)O)c1. The van der Waals surface area contributed by atoms with Gasteiger partial charge in [-0.1, -0.05) is 0 Å². The molecule has 0 bridgehead atoms. The van der Waals surface area contributed by atoms with Crippen LogP contribution in [0.5, 0.6) is 0 Å². The Bertz CT molecular complexity index is 610. The molecule has 1 atom stereocenters. The molecule has 1 fully saturated rings. The van der Waals surface area contributed by atoms with E-state index in [0.29, 0.717) is 6.54 Å². The Morgan fingerprint density at radius 1 is 1.50 bits per heavy atom. The Kier molecular flexibility index (Phi) is 4.56. The molecule has 0 spiro atoms. The molecule has 0 aromatic heterocycles. The lowest BCUT2D eigenvalue weighted by molar-refractivity contribution is 0.0692. The molecule has 0 saturated carbocycles. The maximum atomic E-state index is 12.2. The molecule has 1 heterocycles. The fourth-order valence-corrected chi connectivity index (χ4v) is 4.60. The highest BCUT2D eigenvalue weighted by atomic mass is 32.2. The quantitative estimate of drug-likeness (QED) is 0.703. The zero-order valence-corrected chi connectivity index (χ0v) is 12.3. The number of hydrogen-bond acceptors (Lipinski definition) is 5. The van der Waals surface area contributed by atoms with Crippen LogP contribution >= 0.6 is 11.8 Å². The molecule has 0 radical (unpaired) electrons.